The van der Waals surface area contributed by atoms with E-state index in [0.29, 0.717) is 18.9 Å². The molecular weight excluding hydrogens is 247 g/mol. The summed E-state index contributed by atoms with van der Waals surface area (Å²) >= 11 is 11.2. The Bertz CT molecular complexity index is 364. The number of ether oxygens (including phenoxy) is 1. The summed E-state index contributed by atoms with van der Waals surface area (Å²) < 4.78 is 5.44. The van der Waals surface area contributed by atoms with Crippen molar-refractivity contribution in [3.05, 3.63) is 29.3 Å². The fourth-order valence-corrected chi connectivity index (χ4v) is 1.67. The number of rotatable bonds is 6. The van der Waals surface area contributed by atoms with Crippen LogP contribution in [-0.2, 0) is 17.1 Å². The standard InChI is InChI=1S/C12H14Cl2O2/c1-2-16-12-4-3-9(7-13)5-10(12)6-11(15)8-14/h3-5H,2,6-8H2,1H3. The highest BCUT2D eigenvalue weighted by molar-refractivity contribution is 6.27. The molecule has 0 spiro atoms. The molecule has 1 aromatic carbocycles. The van der Waals surface area contributed by atoms with Crippen LogP contribution < -0.4 is 4.74 Å². The number of benzene rings is 1. The van der Waals surface area contributed by atoms with Gasteiger partial charge in [0.2, 0.25) is 0 Å². The first kappa shape index (κ1) is 13.3. The van der Waals surface area contributed by atoms with Gasteiger partial charge in [0, 0.05) is 17.9 Å². The van der Waals surface area contributed by atoms with Gasteiger partial charge in [-0.1, -0.05) is 12.1 Å². The molecule has 1 rings (SSSR count). The zero-order valence-corrected chi connectivity index (χ0v) is 10.6. The van der Waals surface area contributed by atoms with Crippen LogP contribution in [0.5, 0.6) is 5.75 Å². The van der Waals surface area contributed by atoms with Crippen LogP contribution in [0.1, 0.15) is 18.1 Å². The number of alkyl halides is 2. The van der Waals surface area contributed by atoms with Crippen LogP contribution >= 0.6 is 23.2 Å². The van der Waals surface area contributed by atoms with E-state index in [4.69, 9.17) is 27.9 Å². The van der Waals surface area contributed by atoms with E-state index < -0.39 is 0 Å². The van der Waals surface area contributed by atoms with E-state index in [2.05, 4.69) is 0 Å². The number of ketones is 1. The first-order valence-corrected chi connectivity index (χ1v) is 6.16. The molecule has 0 saturated heterocycles. The molecule has 0 aliphatic carbocycles. The fourth-order valence-electron chi connectivity index (χ4n) is 1.41. The summed E-state index contributed by atoms with van der Waals surface area (Å²) in [6, 6.07) is 5.63. The molecule has 0 N–H and O–H groups in total. The lowest BCUT2D eigenvalue weighted by Gasteiger charge is -2.10. The lowest BCUT2D eigenvalue weighted by atomic mass is 10.1. The summed E-state index contributed by atoms with van der Waals surface area (Å²) in [4.78, 5) is 11.3. The van der Waals surface area contributed by atoms with Crippen molar-refractivity contribution in [3.8, 4) is 5.75 Å². The van der Waals surface area contributed by atoms with Crippen molar-refractivity contribution >= 4 is 29.0 Å². The Morgan fingerprint density at radius 2 is 2.12 bits per heavy atom. The monoisotopic (exact) mass is 260 g/mol. The molecule has 16 heavy (non-hydrogen) atoms. The van der Waals surface area contributed by atoms with E-state index in [-0.39, 0.29) is 11.7 Å². The maximum absolute atomic E-state index is 11.3. The van der Waals surface area contributed by atoms with Crippen LogP contribution in [0, 0.1) is 0 Å². The van der Waals surface area contributed by atoms with Crippen molar-refractivity contribution in [1.29, 1.82) is 0 Å². The van der Waals surface area contributed by atoms with E-state index in [0.717, 1.165) is 16.9 Å². The Hall–Kier alpha value is -0.730. The van der Waals surface area contributed by atoms with Crippen LogP contribution in [-0.4, -0.2) is 18.3 Å². The van der Waals surface area contributed by atoms with Gasteiger partial charge in [-0.05, 0) is 18.6 Å². The lowest BCUT2D eigenvalue weighted by Crippen LogP contribution is -2.06. The number of hydrogen-bond donors (Lipinski definition) is 0. The second kappa shape index (κ2) is 6.77. The Morgan fingerprint density at radius 1 is 1.38 bits per heavy atom. The Labute approximate surface area is 106 Å². The van der Waals surface area contributed by atoms with Gasteiger partial charge in [0.15, 0.2) is 5.78 Å². The van der Waals surface area contributed by atoms with Crippen LogP contribution in [0.2, 0.25) is 0 Å². The molecule has 0 atom stereocenters. The van der Waals surface area contributed by atoms with Crippen LogP contribution in [0.3, 0.4) is 0 Å². The number of Topliss-reactive ketones (excluding diaryl/α,β-unsaturated/α-hetero) is 1. The predicted octanol–water partition coefficient (Wildman–Crippen LogP) is 3.17. The summed E-state index contributed by atoms with van der Waals surface area (Å²) in [5.74, 6) is 1.16. The van der Waals surface area contributed by atoms with Gasteiger partial charge in [-0.2, -0.15) is 0 Å². The van der Waals surface area contributed by atoms with Crippen molar-refractivity contribution in [1.82, 2.24) is 0 Å². The Kier molecular flexibility index (Phi) is 5.64. The van der Waals surface area contributed by atoms with E-state index >= 15 is 0 Å². The number of carbonyl (C=O) groups is 1. The van der Waals surface area contributed by atoms with Crippen LogP contribution in [0.4, 0.5) is 0 Å². The Morgan fingerprint density at radius 3 is 2.69 bits per heavy atom. The number of carbonyl (C=O) groups excluding carboxylic acids is 1. The maximum Gasteiger partial charge on any atom is 0.152 e. The molecule has 88 valence electrons. The molecule has 0 bridgehead atoms. The molecular formula is C12H14Cl2O2. The molecule has 0 aliphatic rings. The zero-order valence-electron chi connectivity index (χ0n) is 9.13. The third-order valence-corrected chi connectivity index (χ3v) is 2.72. The average Bonchev–Trinajstić information content (AvgIpc) is 2.31. The molecule has 4 heteroatoms. The van der Waals surface area contributed by atoms with Gasteiger partial charge in [0.05, 0.1) is 12.5 Å². The highest BCUT2D eigenvalue weighted by Gasteiger charge is 2.09. The minimum atomic E-state index is -0.0191. The molecule has 2 nitrogen and oxygen atoms in total. The summed E-state index contributed by atoms with van der Waals surface area (Å²) in [6.45, 7) is 2.48. The van der Waals surface area contributed by atoms with Gasteiger partial charge in [-0.15, -0.1) is 23.2 Å². The minimum Gasteiger partial charge on any atom is -0.494 e. The fraction of sp³-hybridized carbons (Fsp3) is 0.417. The molecule has 0 aromatic heterocycles. The molecule has 0 heterocycles. The SMILES string of the molecule is CCOc1ccc(CCl)cc1CC(=O)CCl. The molecule has 0 aliphatic heterocycles. The van der Waals surface area contributed by atoms with Crippen molar-refractivity contribution in [2.75, 3.05) is 12.5 Å². The van der Waals surface area contributed by atoms with Crippen LogP contribution in [0.25, 0.3) is 0 Å². The largest absolute Gasteiger partial charge is 0.494 e. The van der Waals surface area contributed by atoms with Gasteiger partial charge in [-0.3, -0.25) is 4.79 Å². The van der Waals surface area contributed by atoms with Gasteiger partial charge >= 0.3 is 0 Å². The zero-order chi connectivity index (χ0) is 12.0. The molecule has 0 radical (unpaired) electrons. The van der Waals surface area contributed by atoms with Crippen LogP contribution in [0.15, 0.2) is 18.2 Å². The molecule has 0 saturated carbocycles. The summed E-state index contributed by atoms with van der Waals surface area (Å²) in [7, 11) is 0. The Balaban J connectivity index is 2.95. The molecule has 0 amide bonds. The van der Waals surface area contributed by atoms with Crippen molar-refractivity contribution in [2.24, 2.45) is 0 Å². The number of halogens is 2. The second-order valence-electron chi connectivity index (χ2n) is 3.36. The van der Waals surface area contributed by atoms with E-state index in [1.165, 1.54) is 0 Å². The third-order valence-electron chi connectivity index (χ3n) is 2.12. The van der Waals surface area contributed by atoms with E-state index in [1.807, 2.05) is 25.1 Å². The smallest absolute Gasteiger partial charge is 0.152 e. The molecule has 0 fully saturated rings. The van der Waals surface area contributed by atoms with Crippen molar-refractivity contribution in [2.45, 2.75) is 19.2 Å². The lowest BCUT2D eigenvalue weighted by molar-refractivity contribution is -0.116. The first-order valence-electron chi connectivity index (χ1n) is 5.09. The highest BCUT2D eigenvalue weighted by Crippen LogP contribution is 2.22. The van der Waals surface area contributed by atoms with Gasteiger partial charge in [-0.25, -0.2) is 0 Å². The van der Waals surface area contributed by atoms with Crippen molar-refractivity contribution in [3.63, 3.8) is 0 Å². The third kappa shape index (κ3) is 3.69. The van der Waals surface area contributed by atoms with Gasteiger partial charge < -0.3 is 4.74 Å². The predicted molar refractivity (Wildman–Crippen MR) is 66.6 cm³/mol. The quantitative estimate of drug-likeness (QED) is 0.735. The van der Waals surface area contributed by atoms with Crippen molar-refractivity contribution < 1.29 is 9.53 Å². The normalized spacial score (nSPS) is 10.2. The van der Waals surface area contributed by atoms with E-state index in [9.17, 15) is 4.79 Å². The maximum atomic E-state index is 11.3. The van der Waals surface area contributed by atoms with Gasteiger partial charge in [0.25, 0.3) is 0 Å². The molecule has 0 unspecified atom stereocenters. The molecule has 1 aromatic rings. The average molecular weight is 261 g/mol. The second-order valence-corrected chi connectivity index (χ2v) is 3.89. The highest BCUT2D eigenvalue weighted by atomic mass is 35.5. The van der Waals surface area contributed by atoms with Gasteiger partial charge in [0.1, 0.15) is 5.75 Å². The summed E-state index contributed by atoms with van der Waals surface area (Å²) in [6.07, 6.45) is 0.295. The first-order chi connectivity index (χ1) is 7.71. The summed E-state index contributed by atoms with van der Waals surface area (Å²) in [5.41, 5.74) is 1.83. The van der Waals surface area contributed by atoms with E-state index in [1.54, 1.807) is 0 Å². The summed E-state index contributed by atoms with van der Waals surface area (Å²) in [5, 5.41) is 0. The minimum absolute atomic E-state index is 0.0191. The topological polar surface area (TPSA) is 26.3 Å². The number of hydrogen-bond acceptors (Lipinski definition) is 2.